The second-order valence-corrected chi connectivity index (χ2v) is 8.59. The highest BCUT2D eigenvalue weighted by Crippen LogP contribution is 2.25. The quantitative estimate of drug-likeness (QED) is 0.454. The highest BCUT2D eigenvalue weighted by Gasteiger charge is 2.30. The van der Waals surface area contributed by atoms with E-state index in [9.17, 15) is 19.1 Å². The fourth-order valence-corrected chi connectivity index (χ4v) is 4.43. The molecule has 2 atom stereocenters. The van der Waals surface area contributed by atoms with E-state index in [0.29, 0.717) is 61.9 Å². The average Bonchev–Trinajstić information content (AvgIpc) is 3.17. The minimum Gasteiger partial charge on any atom is -0.480 e. The molecular weight excluding hydrogens is 443 g/mol. The lowest BCUT2D eigenvalue weighted by atomic mass is 10.1. The number of likely N-dealkylation sites (tertiary alicyclic amines) is 1. The standard InChI is InChI=1S/C23H25FN6O4/c24-15-7-18-17(26-9-15)2-4-22(33)30(18)6-5-29-11-14(19(31)12-29)8-25-10-16-1-3-20-23(27-16)28-21(32)13-34-20/h1-4,7,9,14,19,25,31H,5-6,8,10-13H2,(H,27,28,32). The molecule has 1 fully saturated rings. The van der Waals surface area contributed by atoms with Gasteiger partial charge in [0.15, 0.2) is 18.2 Å². The predicted molar refractivity (Wildman–Crippen MR) is 122 cm³/mol. The summed E-state index contributed by atoms with van der Waals surface area (Å²) in [4.78, 5) is 34.4. The van der Waals surface area contributed by atoms with Crippen molar-refractivity contribution in [3.05, 3.63) is 58.4 Å². The van der Waals surface area contributed by atoms with Gasteiger partial charge in [0.2, 0.25) is 0 Å². The van der Waals surface area contributed by atoms with Crippen LogP contribution in [0.4, 0.5) is 10.2 Å². The summed E-state index contributed by atoms with van der Waals surface area (Å²) in [5, 5.41) is 16.5. The van der Waals surface area contributed by atoms with Crippen molar-refractivity contribution < 1.29 is 19.0 Å². The maximum Gasteiger partial charge on any atom is 0.263 e. The van der Waals surface area contributed by atoms with Gasteiger partial charge in [0.1, 0.15) is 5.82 Å². The summed E-state index contributed by atoms with van der Waals surface area (Å²) < 4.78 is 20.5. The minimum absolute atomic E-state index is 0.00868. The van der Waals surface area contributed by atoms with E-state index < -0.39 is 11.9 Å². The Morgan fingerprint density at radius 1 is 1.21 bits per heavy atom. The summed E-state index contributed by atoms with van der Waals surface area (Å²) in [6.07, 6.45) is 0.634. The molecule has 1 saturated heterocycles. The van der Waals surface area contributed by atoms with E-state index >= 15 is 0 Å². The van der Waals surface area contributed by atoms with Crippen molar-refractivity contribution in [1.29, 1.82) is 0 Å². The van der Waals surface area contributed by atoms with Crippen LogP contribution >= 0.6 is 0 Å². The molecule has 0 bridgehead atoms. The molecule has 3 aromatic rings. The smallest absolute Gasteiger partial charge is 0.263 e. The number of carbonyl (C=O) groups excluding carboxylic acids is 1. The summed E-state index contributed by atoms with van der Waals surface area (Å²) in [6.45, 7) is 3.15. The van der Waals surface area contributed by atoms with Crippen LogP contribution in [0.1, 0.15) is 5.69 Å². The number of hydrogen-bond donors (Lipinski definition) is 3. The molecule has 34 heavy (non-hydrogen) atoms. The molecule has 2 aliphatic heterocycles. The summed E-state index contributed by atoms with van der Waals surface area (Å²) in [5.41, 5.74) is 1.57. The fourth-order valence-electron chi connectivity index (χ4n) is 4.43. The number of aromatic nitrogens is 3. The Balaban J connectivity index is 1.15. The van der Waals surface area contributed by atoms with Gasteiger partial charge in [-0.15, -0.1) is 0 Å². The Bertz CT molecular complexity index is 1280. The maximum absolute atomic E-state index is 13.7. The molecule has 5 rings (SSSR count). The molecule has 0 aromatic carbocycles. The molecule has 11 heteroatoms. The molecule has 0 spiro atoms. The molecule has 0 radical (unpaired) electrons. The lowest BCUT2D eigenvalue weighted by molar-refractivity contribution is -0.118. The molecule has 178 valence electrons. The van der Waals surface area contributed by atoms with Crippen LogP contribution in [0.3, 0.4) is 0 Å². The normalized spacial score (nSPS) is 20.2. The number of anilines is 1. The Morgan fingerprint density at radius 3 is 2.97 bits per heavy atom. The monoisotopic (exact) mass is 468 g/mol. The number of amides is 1. The number of carbonyl (C=O) groups is 1. The zero-order valence-electron chi connectivity index (χ0n) is 18.4. The van der Waals surface area contributed by atoms with Crippen molar-refractivity contribution >= 4 is 22.8 Å². The van der Waals surface area contributed by atoms with Crippen LogP contribution in [0.15, 0.2) is 41.3 Å². The Labute approximate surface area is 194 Å². The van der Waals surface area contributed by atoms with Crippen molar-refractivity contribution in [2.75, 3.05) is 38.1 Å². The average molecular weight is 468 g/mol. The first-order valence-corrected chi connectivity index (χ1v) is 11.1. The lowest BCUT2D eigenvalue weighted by Crippen LogP contribution is -2.31. The first-order valence-electron chi connectivity index (χ1n) is 11.1. The van der Waals surface area contributed by atoms with Crippen LogP contribution in [0.5, 0.6) is 5.75 Å². The van der Waals surface area contributed by atoms with Crippen LogP contribution in [0.25, 0.3) is 11.0 Å². The highest BCUT2D eigenvalue weighted by atomic mass is 19.1. The summed E-state index contributed by atoms with van der Waals surface area (Å²) in [6, 6.07) is 7.96. The van der Waals surface area contributed by atoms with Gasteiger partial charge in [-0.3, -0.25) is 19.5 Å². The Hall–Kier alpha value is -3.41. The molecule has 0 aliphatic carbocycles. The van der Waals surface area contributed by atoms with E-state index in [1.165, 1.54) is 16.7 Å². The Kier molecular flexibility index (Phi) is 6.22. The lowest BCUT2D eigenvalue weighted by Gasteiger charge is -2.18. The third kappa shape index (κ3) is 4.76. The minimum atomic E-state index is -0.500. The number of nitrogens with one attached hydrogen (secondary N) is 2. The predicted octanol–water partition coefficient (Wildman–Crippen LogP) is 0.344. The first kappa shape index (κ1) is 22.4. The van der Waals surface area contributed by atoms with Crippen LogP contribution in [-0.2, 0) is 17.9 Å². The van der Waals surface area contributed by atoms with Crippen molar-refractivity contribution in [3.63, 3.8) is 0 Å². The van der Waals surface area contributed by atoms with E-state index in [1.807, 2.05) is 6.07 Å². The maximum atomic E-state index is 13.7. The van der Waals surface area contributed by atoms with Crippen LogP contribution < -0.4 is 20.9 Å². The zero-order chi connectivity index (χ0) is 23.7. The van der Waals surface area contributed by atoms with Crippen LogP contribution in [0.2, 0.25) is 0 Å². The number of aliphatic hydroxyl groups excluding tert-OH is 1. The first-order chi connectivity index (χ1) is 16.5. The molecule has 3 N–H and O–H groups in total. The van der Waals surface area contributed by atoms with Gasteiger partial charge in [-0.25, -0.2) is 9.37 Å². The summed E-state index contributed by atoms with van der Waals surface area (Å²) in [5.74, 6) is 0.267. The number of fused-ring (bicyclic) bond motifs is 2. The van der Waals surface area contributed by atoms with Gasteiger partial charge in [-0.1, -0.05) is 0 Å². The molecule has 2 unspecified atom stereocenters. The van der Waals surface area contributed by atoms with Crippen molar-refractivity contribution in [3.8, 4) is 5.75 Å². The second kappa shape index (κ2) is 9.45. The topological polar surface area (TPSA) is 122 Å². The van der Waals surface area contributed by atoms with Gasteiger partial charge >= 0.3 is 0 Å². The number of ether oxygens (including phenoxy) is 1. The van der Waals surface area contributed by atoms with Crippen molar-refractivity contribution in [1.82, 2.24) is 24.8 Å². The van der Waals surface area contributed by atoms with Crippen LogP contribution in [-0.4, -0.2) is 69.3 Å². The Morgan fingerprint density at radius 2 is 2.09 bits per heavy atom. The number of hydrogen-bond acceptors (Lipinski definition) is 8. The zero-order valence-corrected chi connectivity index (χ0v) is 18.4. The number of pyridine rings is 3. The van der Waals surface area contributed by atoms with E-state index in [0.717, 1.165) is 11.9 Å². The van der Waals surface area contributed by atoms with Crippen molar-refractivity contribution in [2.24, 2.45) is 5.92 Å². The summed E-state index contributed by atoms with van der Waals surface area (Å²) >= 11 is 0. The molecule has 5 heterocycles. The highest BCUT2D eigenvalue weighted by molar-refractivity contribution is 5.94. The SMILES string of the molecule is O=C1COc2ccc(CNCC3CN(CCn4c(=O)ccc5ncc(F)cc54)CC3O)nc2N1. The number of β-amino-alcohol motifs (C(OH)–C–C–N with tert-alkyl or cyclic N) is 1. The number of nitrogens with zero attached hydrogens (tertiary/aromatic N) is 4. The van der Waals surface area contributed by atoms with Gasteiger partial charge in [0.25, 0.3) is 11.5 Å². The van der Waals surface area contributed by atoms with Gasteiger partial charge in [0.05, 0.1) is 29.0 Å². The molecule has 1 amide bonds. The van der Waals surface area contributed by atoms with Gasteiger partial charge in [-0.05, 0) is 18.2 Å². The number of rotatable bonds is 7. The van der Waals surface area contributed by atoms with E-state index in [-0.39, 0.29) is 24.0 Å². The molecular formula is C23H25FN6O4. The van der Waals surface area contributed by atoms with E-state index in [2.05, 4.69) is 25.5 Å². The van der Waals surface area contributed by atoms with Crippen LogP contribution in [0, 0.1) is 11.7 Å². The number of halogens is 1. The third-order valence-electron chi connectivity index (χ3n) is 6.17. The molecule has 0 saturated carbocycles. The van der Waals surface area contributed by atoms with Gasteiger partial charge in [-0.2, -0.15) is 0 Å². The molecule has 2 aliphatic rings. The van der Waals surface area contributed by atoms with Crippen molar-refractivity contribution in [2.45, 2.75) is 19.2 Å². The summed E-state index contributed by atoms with van der Waals surface area (Å²) in [7, 11) is 0. The van der Waals surface area contributed by atoms with Gasteiger partial charge in [0, 0.05) is 57.3 Å². The van der Waals surface area contributed by atoms with E-state index in [4.69, 9.17) is 4.74 Å². The molecule has 10 nitrogen and oxygen atoms in total. The largest absolute Gasteiger partial charge is 0.480 e. The van der Waals surface area contributed by atoms with E-state index in [1.54, 1.807) is 12.1 Å². The van der Waals surface area contributed by atoms with Gasteiger partial charge < -0.3 is 25.0 Å². The molecule has 3 aromatic heterocycles. The number of aliphatic hydroxyl groups is 1. The fraction of sp³-hybridized carbons (Fsp3) is 0.391. The second-order valence-electron chi connectivity index (χ2n) is 8.59. The third-order valence-corrected chi connectivity index (χ3v) is 6.17.